The second-order valence-corrected chi connectivity index (χ2v) is 5.75. The number of aromatic nitrogens is 2. The molecule has 0 bridgehead atoms. The van der Waals surface area contributed by atoms with Crippen LogP contribution in [0.25, 0.3) is 0 Å². The highest BCUT2D eigenvalue weighted by Crippen LogP contribution is 2.19. The van der Waals surface area contributed by atoms with Crippen molar-refractivity contribution in [2.75, 3.05) is 13.1 Å². The molecule has 1 atom stereocenters. The number of nitrogens with zero attached hydrogens (tertiary/aromatic N) is 3. The quantitative estimate of drug-likeness (QED) is 0.861. The van der Waals surface area contributed by atoms with Gasteiger partial charge in [-0.25, -0.2) is 0 Å². The first-order valence-electron chi connectivity index (χ1n) is 6.47. The first-order valence-corrected chi connectivity index (χ1v) is 6.47. The highest BCUT2D eigenvalue weighted by Gasteiger charge is 2.31. The van der Waals surface area contributed by atoms with Gasteiger partial charge in [-0.3, -0.25) is 9.58 Å². The van der Waals surface area contributed by atoms with E-state index in [0.29, 0.717) is 6.04 Å². The van der Waals surface area contributed by atoms with Crippen LogP contribution in [0.5, 0.6) is 0 Å². The zero-order valence-corrected chi connectivity index (χ0v) is 11.4. The molecule has 1 aliphatic heterocycles. The fraction of sp³-hybridized carbons (Fsp3) is 0.769. The third-order valence-electron chi connectivity index (χ3n) is 3.55. The molecule has 17 heavy (non-hydrogen) atoms. The molecule has 0 radical (unpaired) electrons. The van der Waals surface area contributed by atoms with Crippen molar-refractivity contribution in [3.63, 3.8) is 0 Å². The van der Waals surface area contributed by atoms with Gasteiger partial charge in [0.2, 0.25) is 0 Å². The Kier molecular flexibility index (Phi) is 3.54. The molecule has 0 saturated carbocycles. The lowest BCUT2D eigenvalue weighted by atomic mass is 9.97. The Labute approximate surface area is 104 Å². The third-order valence-corrected chi connectivity index (χ3v) is 3.55. The van der Waals surface area contributed by atoms with E-state index in [2.05, 4.69) is 42.3 Å². The van der Waals surface area contributed by atoms with Gasteiger partial charge in [0, 0.05) is 50.0 Å². The van der Waals surface area contributed by atoms with Gasteiger partial charge in [-0.2, -0.15) is 5.10 Å². The van der Waals surface area contributed by atoms with E-state index in [9.17, 15) is 0 Å². The molecule has 1 aliphatic rings. The van der Waals surface area contributed by atoms with E-state index in [1.54, 1.807) is 0 Å². The van der Waals surface area contributed by atoms with Gasteiger partial charge in [0.15, 0.2) is 0 Å². The van der Waals surface area contributed by atoms with Crippen LogP contribution in [0.4, 0.5) is 0 Å². The van der Waals surface area contributed by atoms with Crippen molar-refractivity contribution in [2.45, 2.75) is 45.3 Å². The number of nitrogens with one attached hydrogen (secondary N) is 1. The van der Waals surface area contributed by atoms with Gasteiger partial charge in [0.25, 0.3) is 0 Å². The molecule has 4 nitrogen and oxygen atoms in total. The van der Waals surface area contributed by atoms with Crippen molar-refractivity contribution in [3.8, 4) is 0 Å². The summed E-state index contributed by atoms with van der Waals surface area (Å²) in [5.41, 5.74) is 1.53. The smallest absolute Gasteiger partial charge is 0.0534 e. The minimum atomic E-state index is 0.216. The molecule has 1 N–H and O–H groups in total. The van der Waals surface area contributed by atoms with Crippen LogP contribution >= 0.6 is 0 Å². The summed E-state index contributed by atoms with van der Waals surface area (Å²) in [6.07, 6.45) is 5.28. The fourth-order valence-electron chi connectivity index (χ4n) is 2.59. The predicted octanol–water partition coefficient (Wildman–Crippen LogP) is 1.38. The van der Waals surface area contributed by atoms with Crippen molar-refractivity contribution in [1.29, 1.82) is 0 Å². The molecule has 1 fully saturated rings. The minimum absolute atomic E-state index is 0.216. The zero-order valence-electron chi connectivity index (χ0n) is 11.4. The topological polar surface area (TPSA) is 33.1 Å². The molecule has 0 amide bonds. The van der Waals surface area contributed by atoms with Gasteiger partial charge in [-0.15, -0.1) is 0 Å². The van der Waals surface area contributed by atoms with Crippen LogP contribution in [-0.2, 0) is 13.6 Å². The molecule has 0 aromatic carbocycles. The zero-order chi connectivity index (χ0) is 12.5. The molecule has 96 valence electrons. The van der Waals surface area contributed by atoms with Crippen molar-refractivity contribution in [2.24, 2.45) is 7.05 Å². The highest BCUT2D eigenvalue weighted by molar-refractivity contribution is 5.05. The molecular formula is C13H24N4. The molecule has 2 heterocycles. The Bertz CT molecular complexity index is 369. The molecule has 1 aromatic heterocycles. The average Bonchev–Trinajstić information content (AvgIpc) is 2.63. The van der Waals surface area contributed by atoms with Crippen LogP contribution in [0.15, 0.2) is 12.4 Å². The molecule has 0 spiro atoms. The van der Waals surface area contributed by atoms with Crippen molar-refractivity contribution >= 4 is 0 Å². The first kappa shape index (κ1) is 12.6. The number of hydrogen-bond donors (Lipinski definition) is 1. The number of hydrogen-bond acceptors (Lipinski definition) is 3. The van der Waals surface area contributed by atoms with E-state index in [4.69, 9.17) is 0 Å². The maximum Gasteiger partial charge on any atom is 0.0534 e. The van der Waals surface area contributed by atoms with Gasteiger partial charge >= 0.3 is 0 Å². The van der Waals surface area contributed by atoms with Crippen LogP contribution in [-0.4, -0.2) is 39.4 Å². The first-order chi connectivity index (χ1) is 8.00. The molecule has 1 unspecified atom stereocenters. The average molecular weight is 236 g/mol. The molecule has 1 saturated heterocycles. The third kappa shape index (κ3) is 3.07. The molecular weight excluding hydrogens is 212 g/mol. The predicted molar refractivity (Wildman–Crippen MR) is 69.8 cm³/mol. The fourth-order valence-corrected chi connectivity index (χ4v) is 2.59. The van der Waals surface area contributed by atoms with E-state index < -0.39 is 0 Å². The maximum atomic E-state index is 4.24. The van der Waals surface area contributed by atoms with Crippen LogP contribution < -0.4 is 5.32 Å². The summed E-state index contributed by atoms with van der Waals surface area (Å²) in [4.78, 5) is 2.58. The normalized spacial score (nSPS) is 25.1. The monoisotopic (exact) mass is 236 g/mol. The lowest BCUT2D eigenvalue weighted by Gasteiger charge is -2.44. The summed E-state index contributed by atoms with van der Waals surface area (Å²) in [5.74, 6) is 0. The van der Waals surface area contributed by atoms with Gasteiger partial charge in [-0.05, 0) is 20.3 Å². The van der Waals surface area contributed by atoms with Crippen LogP contribution in [0.3, 0.4) is 0 Å². The summed E-state index contributed by atoms with van der Waals surface area (Å²) in [6.45, 7) is 10.0. The van der Waals surface area contributed by atoms with Gasteiger partial charge < -0.3 is 5.32 Å². The van der Waals surface area contributed by atoms with Crippen LogP contribution in [0, 0.1) is 0 Å². The number of rotatable bonds is 3. The second-order valence-electron chi connectivity index (χ2n) is 5.75. The van der Waals surface area contributed by atoms with Gasteiger partial charge in [0.05, 0.1) is 6.20 Å². The Hall–Kier alpha value is -0.870. The number of piperazine rings is 1. The number of aryl methyl sites for hydroxylation is 1. The summed E-state index contributed by atoms with van der Waals surface area (Å²) in [6, 6.07) is 0.642. The molecule has 1 aromatic rings. The van der Waals surface area contributed by atoms with E-state index >= 15 is 0 Å². The minimum Gasteiger partial charge on any atom is -0.309 e. The van der Waals surface area contributed by atoms with Crippen LogP contribution in [0.2, 0.25) is 0 Å². The summed E-state index contributed by atoms with van der Waals surface area (Å²) >= 11 is 0. The Morgan fingerprint density at radius 1 is 1.53 bits per heavy atom. The van der Waals surface area contributed by atoms with Gasteiger partial charge in [0.1, 0.15) is 0 Å². The highest BCUT2D eigenvalue weighted by atomic mass is 15.3. The summed E-state index contributed by atoms with van der Waals surface area (Å²) in [5, 5.41) is 7.86. The Morgan fingerprint density at radius 3 is 2.88 bits per heavy atom. The Balaban J connectivity index is 2.05. The van der Waals surface area contributed by atoms with Crippen molar-refractivity contribution in [1.82, 2.24) is 20.0 Å². The Morgan fingerprint density at radius 2 is 2.29 bits per heavy atom. The van der Waals surface area contributed by atoms with Crippen molar-refractivity contribution < 1.29 is 0 Å². The second kappa shape index (κ2) is 4.78. The molecule has 4 heteroatoms. The SMILES string of the molecule is CCC1CNC(C)(C)CN1Cc1cnn(C)c1. The standard InChI is InChI=1S/C13H24N4/c1-5-12-7-14-13(2,3)10-17(12)9-11-6-15-16(4)8-11/h6,8,12,14H,5,7,9-10H2,1-4H3. The largest absolute Gasteiger partial charge is 0.309 e. The van der Waals surface area contributed by atoms with Crippen LogP contribution in [0.1, 0.15) is 32.8 Å². The molecule has 0 aliphatic carbocycles. The lowest BCUT2D eigenvalue weighted by molar-refractivity contribution is 0.0858. The van der Waals surface area contributed by atoms with E-state index in [1.807, 2.05) is 17.9 Å². The van der Waals surface area contributed by atoms with Crippen molar-refractivity contribution in [3.05, 3.63) is 18.0 Å². The summed E-state index contributed by atoms with van der Waals surface area (Å²) in [7, 11) is 1.97. The lowest BCUT2D eigenvalue weighted by Crippen LogP contribution is -2.60. The van der Waals surface area contributed by atoms with E-state index in [-0.39, 0.29) is 5.54 Å². The molecule has 2 rings (SSSR count). The van der Waals surface area contributed by atoms with E-state index in [1.165, 1.54) is 12.0 Å². The maximum absolute atomic E-state index is 4.24. The summed E-state index contributed by atoms with van der Waals surface area (Å²) < 4.78 is 1.88. The van der Waals surface area contributed by atoms with Gasteiger partial charge in [-0.1, -0.05) is 6.92 Å². The van der Waals surface area contributed by atoms with E-state index in [0.717, 1.165) is 19.6 Å².